The molecule has 4 saturated carbocycles. The summed E-state index contributed by atoms with van der Waals surface area (Å²) in [5.74, 6) is 1.43. The van der Waals surface area contributed by atoms with E-state index < -0.39 is 17.5 Å². The van der Waals surface area contributed by atoms with Gasteiger partial charge >= 0.3 is 6.03 Å². The Kier molecular flexibility index (Phi) is 4.21. The van der Waals surface area contributed by atoms with E-state index in [0.717, 1.165) is 24.2 Å². The maximum Gasteiger partial charge on any atom is 0.325 e. The molecule has 2 N–H and O–H groups in total. The lowest BCUT2D eigenvalue weighted by molar-refractivity contribution is -0.136. The summed E-state index contributed by atoms with van der Waals surface area (Å²) in [6.07, 6.45) is 6.96. The van der Waals surface area contributed by atoms with Gasteiger partial charge in [0, 0.05) is 16.1 Å². The van der Waals surface area contributed by atoms with Crippen LogP contribution in [0.25, 0.3) is 0 Å². The van der Waals surface area contributed by atoms with E-state index in [4.69, 9.17) is 11.6 Å². The topological polar surface area (TPSA) is 78.5 Å². The number of imide groups is 1. The third-order valence-corrected chi connectivity index (χ3v) is 7.76. The molecule has 6 nitrogen and oxygen atoms in total. The molecule has 4 bridgehead atoms. The van der Waals surface area contributed by atoms with Crippen LogP contribution >= 0.6 is 11.6 Å². The lowest BCUT2D eigenvalue weighted by Gasteiger charge is -2.56. The Balaban J connectivity index is 1.31. The number of hydrogen-bond acceptors (Lipinski definition) is 3. The zero-order valence-electron chi connectivity index (χ0n) is 16.5. The molecule has 0 aromatic heterocycles. The molecule has 1 aromatic rings. The number of carbonyl (C=O) groups is 3. The molecule has 1 atom stereocenters. The third kappa shape index (κ3) is 3.03. The summed E-state index contributed by atoms with van der Waals surface area (Å²) in [6.45, 7) is 1.37. The smallest absolute Gasteiger partial charge is 0.325 e. The van der Waals surface area contributed by atoms with Crippen molar-refractivity contribution >= 4 is 29.4 Å². The predicted molar refractivity (Wildman–Crippen MR) is 108 cm³/mol. The fraction of sp³-hybridized carbons (Fsp3) is 0.591. The molecule has 154 valence electrons. The van der Waals surface area contributed by atoms with Crippen LogP contribution < -0.4 is 10.6 Å². The quantitative estimate of drug-likeness (QED) is 0.741. The summed E-state index contributed by atoms with van der Waals surface area (Å²) >= 11 is 6.26. The monoisotopic (exact) mass is 415 g/mol. The van der Waals surface area contributed by atoms with Gasteiger partial charge in [0.2, 0.25) is 5.91 Å². The van der Waals surface area contributed by atoms with E-state index in [0.29, 0.717) is 28.3 Å². The number of rotatable bonds is 4. The normalized spacial score (nSPS) is 37.7. The second-order valence-corrected chi connectivity index (χ2v) is 10.1. The van der Waals surface area contributed by atoms with E-state index in [1.807, 2.05) is 0 Å². The zero-order chi connectivity index (χ0) is 20.4. The summed E-state index contributed by atoms with van der Waals surface area (Å²) in [7, 11) is 0. The van der Waals surface area contributed by atoms with E-state index in [1.54, 1.807) is 31.2 Å². The first-order valence-electron chi connectivity index (χ1n) is 10.5. The van der Waals surface area contributed by atoms with Crippen LogP contribution in [-0.4, -0.2) is 34.8 Å². The van der Waals surface area contributed by atoms with Crippen molar-refractivity contribution in [3.8, 4) is 0 Å². The fourth-order valence-corrected chi connectivity index (χ4v) is 6.96. The van der Waals surface area contributed by atoms with E-state index in [-0.39, 0.29) is 18.0 Å². The highest BCUT2D eigenvalue weighted by Crippen LogP contribution is 2.55. The molecule has 1 saturated heterocycles. The van der Waals surface area contributed by atoms with Crippen LogP contribution in [0, 0.1) is 17.8 Å². The van der Waals surface area contributed by atoms with E-state index in [1.165, 1.54) is 19.3 Å². The van der Waals surface area contributed by atoms with Crippen molar-refractivity contribution < 1.29 is 14.4 Å². The maximum absolute atomic E-state index is 13.1. The van der Waals surface area contributed by atoms with Crippen molar-refractivity contribution in [2.45, 2.75) is 56.5 Å². The second-order valence-electron chi connectivity index (χ2n) is 9.67. The van der Waals surface area contributed by atoms with Gasteiger partial charge in [-0.15, -0.1) is 0 Å². The lowest BCUT2D eigenvalue weighted by Crippen LogP contribution is -2.61. The van der Waals surface area contributed by atoms with Gasteiger partial charge in [0.05, 0.1) is 0 Å². The zero-order valence-corrected chi connectivity index (χ0v) is 17.3. The van der Waals surface area contributed by atoms with Crippen LogP contribution in [0.1, 0.15) is 51.0 Å². The highest BCUT2D eigenvalue weighted by molar-refractivity contribution is 6.32. The van der Waals surface area contributed by atoms with E-state index >= 15 is 0 Å². The summed E-state index contributed by atoms with van der Waals surface area (Å²) in [5, 5.41) is 6.36. The third-order valence-electron chi connectivity index (χ3n) is 7.43. The van der Waals surface area contributed by atoms with Gasteiger partial charge in [0.1, 0.15) is 12.1 Å². The van der Waals surface area contributed by atoms with Gasteiger partial charge in [-0.3, -0.25) is 14.5 Å². The highest BCUT2D eigenvalue weighted by atomic mass is 35.5. The Morgan fingerprint density at radius 3 is 2.31 bits per heavy atom. The molecule has 0 spiro atoms. The van der Waals surface area contributed by atoms with E-state index in [9.17, 15) is 14.4 Å². The van der Waals surface area contributed by atoms with Gasteiger partial charge in [0.25, 0.3) is 5.91 Å². The van der Waals surface area contributed by atoms with E-state index in [2.05, 4.69) is 10.6 Å². The predicted octanol–water partition coefficient (Wildman–Crippen LogP) is 3.19. The highest BCUT2D eigenvalue weighted by Gasteiger charge is 2.53. The summed E-state index contributed by atoms with van der Waals surface area (Å²) < 4.78 is 0. The molecule has 6 rings (SSSR count). The van der Waals surface area contributed by atoms with Crippen LogP contribution in [-0.2, 0) is 15.1 Å². The van der Waals surface area contributed by atoms with Crippen molar-refractivity contribution in [1.82, 2.24) is 15.5 Å². The van der Waals surface area contributed by atoms with Crippen LogP contribution in [0.2, 0.25) is 5.02 Å². The number of nitrogens with zero attached hydrogens (tertiary/aromatic N) is 1. The fourth-order valence-electron chi connectivity index (χ4n) is 6.63. The molecule has 1 aromatic carbocycles. The van der Waals surface area contributed by atoms with Crippen LogP contribution in [0.15, 0.2) is 24.3 Å². The van der Waals surface area contributed by atoms with Gasteiger partial charge in [-0.05, 0) is 69.3 Å². The van der Waals surface area contributed by atoms with Gasteiger partial charge in [-0.2, -0.15) is 0 Å². The summed E-state index contributed by atoms with van der Waals surface area (Å²) in [6, 6.07) is 6.39. The molecule has 7 heteroatoms. The van der Waals surface area contributed by atoms with Crippen molar-refractivity contribution in [1.29, 1.82) is 0 Å². The van der Waals surface area contributed by atoms with Crippen LogP contribution in [0.5, 0.6) is 0 Å². The first-order valence-corrected chi connectivity index (χ1v) is 10.9. The maximum atomic E-state index is 13.1. The Morgan fingerprint density at radius 1 is 1.14 bits per heavy atom. The van der Waals surface area contributed by atoms with Gasteiger partial charge in [0.15, 0.2) is 0 Å². The van der Waals surface area contributed by atoms with Crippen molar-refractivity contribution in [2.24, 2.45) is 17.8 Å². The number of hydrogen-bond donors (Lipinski definition) is 2. The second kappa shape index (κ2) is 6.46. The average molecular weight is 416 g/mol. The lowest BCUT2D eigenvalue weighted by atomic mass is 9.53. The number of urea groups is 1. The minimum absolute atomic E-state index is 0.142. The van der Waals surface area contributed by atoms with Gasteiger partial charge in [-0.1, -0.05) is 29.8 Å². The Hall–Kier alpha value is -2.08. The molecular weight excluding hydrogens is 390 g/mol. The van der Waals surface area contributed by atoms with Gasteiger partial charge in [-0.25, -0.2) is 4.79 Å². The Morgan fingerprint density at radius 2 is 1.72 bits per heavy atom. The average Bonchev–Trinajstić information content (AvgIpc) is 2.84. The van der Waals surface area contributed by atoms with Crippen LogP contribution in [0.4, 0.5) is 4.79 Å². The minimum atomic E-state index is -1.27. The molecule has 4 aliphatic carbocycles. The Bertz CT molecular complexity index is 866. The van der Waals surface area contributed by atoms with Crippen molar-refractivity contribution in [3.63, 3.8) is 0 Å². The minimum Gasteiger partial charge on any atom is -0.349 e. The van der Waals surface area contributed by atoms with Crippen molar-refractivity contribution in [2.75, 3.05) is 6.54 Å². The van der Waals surface area contributed by atoms with Crippen molar-refractivity contribution in [3.05, 3.63) is 34.9 Å². The molecular formula is C22H26ClN3O3. The largest absolute Gasteiger partial charge is 0.349 e. The van der Waals surface area contributed by atoms with Gasteiger partial charge < -0.3 is 10.6 Å². The standard InChI is InChI=1S/C22H26ClN3O3/c1-21(16-4-2-3-5-17(16)23)19(28)26(20(29)25-21)12-18(27)24-22-9-13-6-14(10-22)8-15(7-13)11-22/h2-5,13-15H,6-12H2,1H3,(H,24,27)(H,25,29)/t13?,14?,15?,21-,22?/m1/s1. The number of benzene rings is 1. The number of halogens is 1. The summed E-state index contributed by atoms with van der Waals surface area (Å²) in [4.78, 5) is 39.5. The summed E-state index contributed by atoms with van der Waals surface area (Å²) in [5.41, 5.74) is -0.878. The SMILES string of the molecule is C[C@]1(c2ccccc2Cl)NC(=O)N(CC(=O)NC23CC4CC(CC(C4)C2)C3)C1=O. The number of carbonyl (C=O) groups excluding carboxylic acids is 3. The first-order chi connectivity index (χ1) is 13.8. The molecule has 4 amide bonds. The van der Waals surface area contributed by atoms with Crippen LogP contribution in [0.3, 0.4) is 0 Å². The number of nitrogens with one attached hydrogen (secondary N) is 2. The molecule has 29 heavy (non-hydrogen) atoms. The molecule has 1 aliphatic heterocycles. The first kappa shape index (κ1) is 18.9. The molecule has 1 heterocycles. The molecule has 5 fully saturated rings. The number of amides is 4. The molecule has 0 radical (unpaired) electrons. The Labute approximate surface area is 175 Å². The molecule has 0 unspecified atom stereocenters. The molecule has 5 aliphatic rings.